The summed E-state index contributed by atoms with van der Waals surface area (Å²) in [4.78, 5) is 21.6. The van der Waals surface area contributed by atoms with Crippen molar-refractivity contribution in [1.82, 2.24) is 4.90 Å². The number of carboxylic acids is 1. The van der Waals surface area contributed by atoms with Gasteiger partial charge in [-0.15, -0.1) is 0 Å². The fraction of sp³-hybridized carbons (Fsp3) is 0.529. The van der Waals surface area contributed by atoms with Gasteiger partial charge >= 0.3 is 5.97 Å². The Balaban J connectivity index is 0.000000891. The van der Waals surface area contributed by atoms with E-state index < -0.39 is 11.9 Å². The normalized spacial score (nSPS) is 18.1. The molecule has 2 N–H and O–H groups in total. The molecule has 0 aromatic heterocycles. The van der Waals surface area contributed by atoms with Gasteiger partial charge in [0.05, 0.1) is 25.7 Å². The zero-order valence-corrected chi connectivity index (χ0v) is 13.7. The standard InChI is InChI=1S/C16H23NO4.CH2O2/c18-16(19)15-11-17(8-10-21-13-15)7-4-9-20-12-14-5-2-1-3-6-14;2-1-3/h1-3,5-6,15H,4,7-13H2,(H,18,19);1H,(H,2,3). The minimum absolute atomic E-state index is 0.250. The van der Waals surface area contributed by atoms with Gasteiger partial charge in [-0.2, -0.15) is 0 Å². The molecule has 0 saturated carbocycles. The van der Waals surface area contributed by atoms with Gasteiger partial charge in [0, 0.05) is 26.2 Å². The highest BCUT2D eigenvalue weighted by atomic mass is 16.5. The Bertz CT molecular complexity index is 467. The maximum absolute atomic E-state index is 11.1. The van der Waals surface area contributed by atoms with Crippen LogP contribution in [0.3, 0.4) is 0 Å². The largest absolute Gasteiger partial charge is 0.483 e. The molecule has 7 nitrogen and oxygen atoms in total. The van der Waals surface area contributed by atoms with Gasteiger partial charge in [-0.25, -0.2) is 0 Å². The van der Waals surface area contributed by atoms with Crippen molar-refractivity contribution in [1.29, 1.82) is 0 Å². The second-order valence-corrected chi connectivity index (χ2v) is 5.41. The summed E-state index contributed by atoms with van der Waals surface area (Å²) in [5.41, 5.74) is 1.17. The van der Waals surface area contributed by atoms with Crippen LogP contribution >= 0.6 is 0 Å². The Morgan fingerprint density at radius 2 is 2.08 bits per heavy atom. The molecule has 1 unspecified atom stereocenters. The van der Waals surface area contributed by atoms with Gasteiger partial charge in [0.1, 0.15) is 0 Å². The highest BCUT2D eigenvalue weighted by Gasteiger charge is 2.23. The summed E-state index contributed by atoms with van der Waals surface area (Å²) in [7, 11) is 0. The van der Waals surface area contributed by atoms with Gasteiger partial charge in [-0.05, 0) is 12.0 Å². The van der Waals surface area contributed by atoms with E-state index in [1.165, 1.54) is 5.56 Å². The maximum atomic E-state index is 11.1. The Morgan fingerprint density at radius 1 is 1.38 bits per heavy atom. The summed E-state index contributed by atoms with van der Waals surface area (Å²) >= 11 is 0. The van der Waals surface area contributed by atoms with Crippen molar-refractivity contribution >= 4 is 12.4 Å². The first-order chi connectivity index (χ1) is 11.7. The first-order valence-corrected chi connectivity index (χ1v) is 7.89. The highest BCUT2D eigenvalue weighted by Crippen LogP contribution is 2.08. The van der Waals surface area contributed by atoms with Crippen molar-refractivity contribution in [3.8, 4) is 0 Å². The Labute approximate surface area is 141 Å². The molecule has 1 aliphatic heterocycles. The van der Waals surface area contributed by atoms with Crippen molar-refractivity contribution < 1.29 is 29.3 Å². The molecular formula is C17H25NO6. The molecule has 1 aromatic rings. The summed E-state index contributed by atoms with van der Waals surface area (Å²) in [6.45, 7) is 4.19. The monoisotopic (exact) mass is 339 g/mol. The van der Waals surface area contributed by atoms with Crippen LogP contribution in [0.4, 0.5) is 0 Å². The minimum atomic E-state index is -0.776. The van der Waals surface area contributed by atoms with Crippen LogP contribution in [0, 0.1) is 5.92 Å². The van der Waals surface area contributed by atoms with Gasteiger partial charge in [-0.1, -0.05) is 30.3 Å². The molecule has 7 heteroatoms. The first kappa shape index (κ1) is 20.1. The van der Waals surface area contributed by atoms with Crippen molar-refractivity contribution in [3.05, 3.63) is 35.9 Å². The summed E-state index contributed by atoms with van der Waals surface area (Å²) in [5.74, 6) is -1.19. The third kappa shape index (κ3) is 8.61. The number of rotatable bonds is 7. The molecule has 1 aliphatic rings. The molecule has 134 valence electrons. The second kappa shape index (κ2) is 12.5. The van der Waals surface area contributed by atoms with Crippen LogP contribution in [0.1, 0.15) is 12.0 Å². The van der Waals surface area contributed by atoms with Crippen LogP contribution in [0.25, 0.3) is 0 Å². The molecule has 0 radical (unpaired) electrons. The fourth-order valence-electron chi connectivity index (χ4n) is 2.38. The molecular weight excluding hydrogens is 314 g/mol. The molecule has 0 spiro atoms. The number of nitrogens with zero attached hydrogens (tertiary/aromatic N) is 1. The van der Waals surface area contributed by atoms with E-state index in [9.17, 15) is 4.79 Å². The minimum Gasteiger partial charge on any atom is -0.483 e. The smallest absolute Gasteiger partial charge is 0.310 e. The summed E-state index contributed by atoms with van der Waals surface area (Å²) in [6, 6.07) is 10.1. The molecule has 1 atom stereocenters. The Morgan fingerprint density at radius 3 is 2.75 bits per heavy atom. The number of hydrogen-bond acceptors (Lipinski definition) is 5. The SMILES string of the molecule is O=C(O)C1COCCN(CCCOCc2ccccc2)C1.O=CO. The molecule has 0 aliphatic carbocycles. The van der Waals surface area contributed by atoms with Crippen LogP contribution in [0.2, 0.25) is 0 Å². The zero-order chi connectivity index (χ0) is 17.6. The molecule has 0 bridgehead atoms. The van der Waals surface area contributed by atoms with E-state index in [1.54, 1.807) is 0 Å². The predicted octanol–water partition coefficient (Wildman–Crippen LogP) is 1.33. The lowest BCUT2D eigenvalue weighted by molar-refractivity contribution is -0.143. The number of carboxylic acid groups (broad SMARTS) is 2. The van der Waals surface area contributed by atoms with Crippen molar-refractivity contribution in [2.45, 2.75) is 13.0 Å². The number of aliphatic carboxylic acids is 1. The van der Waals surface area contributed by atoms with Gasteiger partial charge < -0.3 is 24.6 Å². The highest BCUT2D eigenvalue weighted by molar-refractivity contribution is 5.70. The Kier molecular flexibility index (Phi) is 10.4. The summed E-state index contributed by atoms with van der Waals surface area (Å²) in [6.07, 6.45) is 0.902. The lowest BCUT2D eigenvalue weighted by Crippen LogP contribution is -2.34. The van der Waals surface area contributed by atoms with E-state index in [0.717, 1.165) is 19.5 Å². The van der Waals surface area contributed by atoms with Crippen LogP contribution in [0.15, 0.2) is 30.3 Å². The third-order valence-electron chi connectivity index (χ3n) is 3.57. The lowest BCUT2D eigenvalue weighted by Gasteiger charge is -2.21. The van der Waals surface area contributed by atoms with E-state index in [-0.39, 0.29) is 6.47 Å². The lowest BCUT2D eigenvalue weighted by atomic mass is 10.1. The first-order valence-electron chi connectivity index (χ1n) is 7.89. The quantitative estimate of drug-likeness (QED) is 0.571. The predicted molar refractivity (Wildman–Crippen MR) is 87.8 cm³/mol. The van der Waals surface area contributed by atoms with Gasteiger partial charge in [0.15, 0.2) is 0 Å². The van der Waals surface area contributed by atoms with Crippen LogP contribution in [0.5, 0.6) is 0 Å². The van der Waals surface area contributed by atoms with Gasteiger partial charge in [-0.3, -0.25) is 9.59 Å². The van der Waals surface area contributed by atoms with Crippen LogP contribution in [-0.2, 0) is 25.7 Å². The number of carbonyl (C=O) groups is 2. The van der Waals surface area contributed by atoms with E-state index in [4.69, 9.17) is 24.5 Å². The van der Waals surface area contributed by atoms with Crippen molar-refractivity contribution in [2.24, 2.45) is 5.92 Å². The zero-order valence-electron chi connectivity index (χ0n) is 13.7. The van der Waals surface area contributed by atoms with Crippen LogP contribution in [-0.4, -0.2) is 67.0 Å². The molecule has 1 saturated heterocycles. The molecule has 1 aromatic carbocycles. The van der Waals surface area contributed by atoms with Gasteiger partial charge in [0.25, 0.3) is 6.47 Å². The maximum Gasteiger partial charge on any atom is 0.310 e. The molecule has 0 amide bonds. The van der Waals surface area contributed by atoms with E-state index in [0.29, 0.717) is 33.0 Å². The number of hydrogen-bond donors (Lipinski definition) is 2. The summed E-state index contributed by atoms with van der Waals surface area (Å²) < 4.78 is 11.0. The van der Waals surface area contributed by atoms with Crippen LogP contribution < -0.4 is 0 Å². The molecule has 1 fully saturated rings. The van der Waals surface area contributed by atoms with Gasteiger partial charge in [0.2, 0.25) is 0 Å². The molecule has 1 heterocycles. The number of ether oxygens (including phenoxy) is 2. The average molecular weight is 339 g/mol. The Hall–Kier alpha value is -1.96. The van der Waals surface area contributed by atoms with Crippen molar-refractivity contribution in [3.63, 3.8) is 0 Å². The van der Waals surface area contributed by atoms with E-state index in [2.05, 4.69) is 4.90 Å². The third-order valence-corrected chi connectivity index (χ3v) is 3.57. The van der Waals surface area contributed by atoms with Crippen molar-refractivity contribution in [2.75, 3.05) is 39.5 Å². The topological polar surface area (TPSA) is 96.3 Å². The average Bonchev–Trinajstić information content (AvgIpc) is 2.82. The summed E-state index contributed by atoms with van der Waals surface area (Å²) in [5, 5.41) is 16.0. The second-order valence-electron chi connectivity index (χ2n) is 5.41. The van der Waals surface area contributed by atoms with E-state index in [1.807, 2.05) is 30.3 Å². The fourth-order valence-corrected chi connectivity index (χ4v) is 2.38. The number of benzene rings is 1. The molecule has 2 rings (SSSR count). The molecule has 24 heavy (non-hydrogen) atoms. The van der Waals surface area contributed by atoms with E-state index >= 15 is 0 Å².